The standard InChI is InChI=1S/C15H19NO6/c17-14(18)6-3-7-22-16-10-12-4-1-2-5-13(12)21-11-15-19-8-9-20-15/h1-2,4-5,10,15H,3,6-9,11H2,(H,17,18)/b16-10+. The summed E-state index contributed by atoms with van der Waals surface area (Å²) in [5.41, 5.74) is 0.763. The van der Waals surface area contributed by atoms with Crippen LogP contribution in [0.1, 0.15) is 18.4 Å². The number of hydrogen-bond donors (Lipinski definition) is 1. The number of para-hydroxylation sites is 1. The number of oxime groups is 1. The van der Waals surface area contributed by atoms with E-state index >= 15 is 0 Å². The lowest BCUT2D eigenvalue weighted by Gasteiger charge is -2.12. The predicted octanol–water partition coefficient (Wildman–Crippen LogP) is 1.65. The van der Waals surface area contributed by atoms with Gasteiger partial charge in [-0.15, -0.1) is 0 Å². The van der Waals surface area contributed by atoms with Crippen molar-refractivity contribution in [2.75, 3.05) is 26.4 Å². The van der Waals surface area contributed by atoms with E-state index in [1.807, 2.05) is 24.3 Å². The molecule has 22 heavy (non-hydrogen) atoms. The number of carbonyl (C=O) groups is 1. The summed E-state index contributed by atoms with van der Waals surface area (Å²) in [6, 6.07) is 7.38. The quantitative estimate of drug-likeness (QED) is 0.424. The zero-order valence-electron chi connectivity index (χ0n) is 12.1. The van der Waals surface area contributed by atoms with Gasteiger partial charge >= 0.3 is 5.97 Å². The van der Waals surface area contributed by atoms with Crippen LogP contribution in [0.15, 0.2) is 29.4 Å². The van der Waals surface area contributed by atoms with Crippen LogP contribution in [-0.4, -0.2) is 50.0 Å². The molecule has 0 unspecified atom stereocenters. The van der Waals surface area contributed by atoms with E-state index in [0.717, 1.165) is 5.56 Å². The lowest BCUT2D eigenvalue weighted by molar-refractivity contribution is -0.137. The van der Waals surface area contributed by atoms with Crippen LogP contribution in [0.5, 0.6) is 5.75 Å². The van der Waals surface area contributed by atoms with E-state index in [4.69, 9.17) is 24.2 Å². The number of carboxylic acids is 1. The normalized spacial score (nSPS) is 15.3. The number of benzene rings is 1. The molecule has 0 atom stereocenters. The molecule has 2 rings (SSSR count). The van der Waals surface area contributed by atoms with Gasteiger partial charge in [0.1, 0.15) is 19.0 Å². The van der Waals surface area contributed by atoms with Gasteiger partial charge in [-0.25, -0.2) is 0 Å². The Kier molecular flexibility index (Phi) is 6.66. The van der Waals surface area contributed by atoms with Gasteiger partial charge in [-0.2, -0.15) is 0 Å². The van der Waals surface area contributed by atoms with Crippen molar-refractivity contribution in [2.24, 2.45) is 5.16 Å². The number of rotatable bonds is 9. The van der Waals surface area contributed by atoms with Crippen LogP contribution >= 0.6 is 0 Å². The molecule has 0 aliphatic carbocycles. The molecule has 0 aromatic heterocycles. The van der Waals surface area contributed by atoms with Gasteiger partial charge in [-0.3, -0.25) is 4.79 Å². The fraction of sp³-hybridized carbons (Fsp3) is 0.467. The summed E-state index contributed by atoms with van der Waals surface area (Å²) in [5, 5.41) is 12.3. The van der Waals surface area contributed by atoms with Gasteiger partial charge < -0.3 is 24.2 Å². The summed E-state index contributed by atoms with van der Waals surface area (Å²) in [4.78, 5) is 15.4. The third kappa shape index (κ3) is 5.71. The molecule has 7 heteroatoms. The van der Waals surface area contributed by atoms with E-state index in [9.17, 15) is 4.79 Å². The minimum absolute atomic E-state index is 0.0661. The van der Waals surface area contributed by atoms with Crippen LogP contribution in [0.2, 0.25) is 0 Å². The van der Waals surface area contributed by atoms with Gasteiger partial charge in [-0.1, -0.05) is 17.3 Å². The highest BCUT2D eigenvalue weighted by atomic mass is 16.7. The predicted molar refractivity (Wildman–Crippen MR) is 78.0 cm³/mol. The largest absolute Gasteiger partial charge is 0.488 e. The van der Waals surface area contributed by atoms with Gasteiger partial charge in [-0.05, 0) is 18.6 Å². The topological polar surface area (TPSA) is 86.6 Å². The molecule has 120 valence electrons. The van der Waals surface area contributed by atoms with Crippen molar-refractivity contribution >= 4 is 12.2 Å². The average Bonchev–Trinajstić information content (AvgIpc) is 3.02. The Morgan fingerprint density at radius 1 is 1.36 bits per heavy atom. The summed E-state index contributed by atoms with van der Waals surface area (Å²) in [5.74, 6) is -0.192. The number of aliphatic carboxylic acids is 1. The number of hydrogen-bond acceptors (Lipinski definition) is 6. The highest BCUT2D eigenvalue weighted by Crippen LogP contribution is 2.17. The lowest BCUT2D eigenvalue weighted by atomic mass is 10.2. The zero-order valence-corrected chi connectivity index (χ0v) is 12.1. The van der Waals surface area contributed by atoms with E-state index in [1.54, 1.807) is 0 Å². The van der Waals surface area contributed by atoms with Crippen LogP contribution in [0.4, 0.5) is 0 Å². The second-order valence-corrected chi connectivity index (χ2v) is 4.58. The number of carboxylic acid groups (broad SMARTS) is 1. The van der Waals surface area contributed by atoms with Crippen LogP contribution in [0, 0.1) is 0 Å². The molecule has 0 radical (unpaired) electrons. The highest BCUT2D eigenvalue weighted by molar-refractivity contribution is 5.83. The number of ether oxygens (including phenoxy) is 3. The Bertz CT molecular complexity index is 499. The average molecular weight is 309 g/mol. The Balaban J connectivity index is 1.78. The van der Waals surface area contributed by atoms with Crippen molar-refractivity contribution in [3.63, 3.8) is 0 Å². The van der Waals surface area contributed by atoms with Gasteiger partial charge in [0.05, 0.1) is 19.4 Å². The van der Waals surface area contributed by atoms with Crippen molar-refractivity contribution in [3.8, 4) is 5.75 Å². The summed E-state index contributed by atoms with van der Waals surface area (Å²) >= 11 is 0. The van der Waals surface area contributed by atoms with Crippen LogP contribution in [0.25, 0.3) is 0 Å². The summed E-state index contributed by atoms with van der Waals surface area (Å²) in [6.45, 7) is 1.74. The molecule has 1 aromatic rings. The lowest BCUT2D eigenvalue weighted by Crippen LogP contribution is -2.18. The third-order valence-electron chi connectivity index (χ3n) is 2.88. The van der Waals surface area contributed by atoms with E-state index in [1.165, 1.54) is 6.21 Å². The minimum atomic E-state index is -0.845. The highest BCUT2D eigenvalue weighted by Gasteiger charge is 2.16. The fourth-order valence-corrected chi connectivity index (χ4v) is 1.81. The first-order valence-electron chi connectivity index (χ1n) is 7.08. The summed E-state index contributed by atoms with van der Waals surface area (Å²) < 4.78 is 16.3. The van der Waals surface area contributed by atoms with Crippen molar-refractivity contribution < 1.29 is 28.9 Å². The molecular formula is C15H19NO6. The van der Waals surface area contributed by atoms with E-state index in [0.29, 0.717) is 32.0 Å². The zero-order chi connectivity index (χ0) is 15.6. The molecular weight excluding hydrogens is 290 g/mol. The van der Waals surface area contributed by atoms with Gasteiger partial charge in [0, 0.05) is 12.0 Å². The molecule has 1 fully saturated rings. The second-order valence-electron chi connectivity index (χ2n) is 4.58. The van der Waals surface area contributed by atoms with Gasteiger partial charge in [0.2, 0.25) is 0 Å². The van der Waals surface area contributed by atoms with Crippen molar-refractivity contribution in [2.45, 2.75) is 19.1 Å². The first kappa shape index (κ1) is 16.3. The Morgan fingerprint density at radius 3 is 2.91 bits per heavy atom. The van der Waals surface area contributed by atoms with Gasteiger partial charge in [0.25, 0.3) is 0 Å². The van der Waals surface area contributed by atoms with Crippen LogP contribution in [0.3, 0.4) is 0 Å². The Morgan fingerprint density at radius 2 is 2.14 bits per heavy atom. The molecule has 1 aliphatic heterocycles. The van der Waals surface area contributed by atoms with Crippen molar-refractivity contribution in [3.05, 3.63) is 29.8 Å². The SMILES string of the molecule is O=C(O)CCCO/N=C/c1ccccc1OCC1OCCO1. The Hall–Kier alpha value is -2.12. The van der Waals surface area contributed by atoms with E-state index < -0.39 is 5.97 Å². The van der Waals surface area contributed by atoms with Crippen LogP contribution < -0.4 is 4.74 Å². The maximum Gasteiger partial charge on any atom is 0.303 e. The van der Waals surface area contributed by atoms with E-state index in [-0.39, 0.29) is 19.3 Å². The Labute approximate surface area is 128 Å². The summed E-state index contributed by atoms with van der Waals surface area (Å²) in [7, 11) is 0. The first-order valence-corrected chi connectivity index (χ1v) is 7.08. The molecule has 1 aromatic carbocycles. The second kappa shape index (κ2) is 9.01. The fourth-order valence-electron chi connectivity index (χ4n) is 1.81. The maximum absolute atomic E-state index is 10.3. The molecule has 1 aliphatic rings. The molecule has 1 heterocycles. The monoisotopic (exact) mass is 309 g/mol. The van der Waals surface area contributed by atoms with Crippen molar-refractivity contribution in [1.82, 2.24) is 0 Å². The van der Waals surface area contributed by atoms with Gasteiger partial charge in [0.15, 0.2) is 6.29 Å². The van der Waals surface area contributed by atoms with E-state index in [2.05, 4.69) is 5.16 Å². The molecule has 0 saturated carbocycles. The minimum Gasteiger partial charge on any atom is -0.488 e. The molecule has 0 bridgehead atoms. The van der Waals surface area contributed by atoms with Crippen LogP contribution in [-0.2, 0) is 19.1 Å². The first-order chi connectivity index (χ1) is 10.8. The molecule has 0 amide bonds. The third-order valence-corrected chi connectivity index (χ3v) is 2.88. The summed E-state index contributed by atoms with van der Waals surface area (Å²) in [6.07, 6.45) is 1.68. The van der Waals surface area contributed by atoms with Crippen molar-refractivity contribution in [1.29, 1.82) is 0 Å². The molecule has 7 nitrogen and oxygen atoms in total. The molecule has 1 saturated heterocycles. The molecule has 1 N–H and O–H groups in total. The molecule has 0 spiro atoms. The smallest absolute Gasteiger partial charge is 0.303 e. The maximum atomic E-state index is 10.3. The number of nitrogens with zero attached hydrogens (tertiary/aromatic N) is 1.